The van der Waals surface area contributed by atoms with Crippen LogP contribution in [0.15, 0.2) is 18.2 Å². The van der Waals surface area contributed by atoms with Gasteiger partial charge in [0.05, 0.1) is 0 Å². The van der Waals surface area contributed by atoms with E-state index in [0.29, 0.717) is 0 Å². The molecule has 0 heterocycles. The van der Waals surface area contributed by atoms with Gasteiger partial charge in [-0.3, -0.25) is 0 Å². The molecule has 1 aromatic rings. The number of phenols is 1. The van der Waals surface area contributed by atoms with Crippen molar-refractivity contribution in [1.29, 1.82) is 0 Å². The highest BCUT2D eigenvalue weighted by Gasteiger charge is 2.20. The molecule has 0 aliphatic rings. The summed E-state index contributed by atoms with van der Waals surface area (Å²) >= 11 is 0. The molecule has 0 spiro atoms. The van der Waals surface area contributed by atoms with Gasteiger partial charge in [0, 0.05) is 0 Å². The molecule has 0 bridgehead atoms. The van der Waals surface area contributed by atoms with Crippen LogP contribution in [0.1, 0.15) is 67.8 Å². The standard InChI is InChI=1S/C15H22O3/c1-3-5-6-8-11(4-2)12-9-7-10-13(16)14(12)15(17)18/h7,9-11,16H,3-6,8H2,1-2H3,(H,17,18). The molecule has 1 unspecified atom stereocenters. The maximum atomic E-state index is 11.2. The van der Waals surface area contributed by atoms with Crippen molar-refractivity contribution in [2.24, 2.45) is 0 Å². The van der Waals surface area contributed by atoms with Crippen LogP contribution in [0.25, 0.3) is 0 Å². The molecule has 3 heteroatoms. The highest BCUT2D eigenvalue weighted by Crippen LogP contribution is 2.32. The zero-order valence-electron chi connectivity index (χ0n) is 11.1. The van der Waals surface area contributed by atoms with Gasteiger partial charge < -0.3 is 10.2 Å². The summed E-state index contributed by atoms with van der Waals surface area (Å²) in [6.07, 6.45) is 5.30. The van der Waals surface area contributed by atoms with Crippen molar-refractivity contribution >= 4 is 5.97 Å². The Bertz CT molecular complexity index is 399. The average molecular weight is 250 g/mol. The maximum absolute atomic E-state index is 11.2. The molecular weight excluding hydrogens is 228 g/mol. The molecule has 18 heavy (non-hydrogen) atoms. The fraction of sp³-hybridized carbons (Fsp3) is 0.533. The Hall–Kier alpha value is -1.51. The van der Waals surface area contributed by atoms with Crippen molar-refractivity contribution in [1.82, 2.24) is 0 Å². The lowest BCUT2D eigenvalue weighted by Gasteiger charge is -2.18. The minimum Gasteiger partial charge on any atom is -0.507 e. The lowest BCUT2D eigenvalue weighted by atomic mass is 9.87. The molecule has 1 rings (SSSR count). The number of carboxylic acid groups (broad SMARTS) is 1. The summed E-state index contributed by atoms with van der Waals surface area (Å²) in [6.45, 7) is 4.21. The van der Waals surface area contributed by atoms with E-state index in [2.05, 4.69) is 13.8 Å². The van der Waals surface area contributed by atoms with Crippen molar-refractivity contribution in [3.63, 3.8) is 0 Å². The van der Waals surface area contributed by atoms with Gasteiger partial charge in [0.15, 0.2) is 0 Å². The van der Waals surface area contributed by atoms with Crippen LogP contribution in [0, 0.1) is 0 Å². The van der Waals surface area contributed by atoms with E-state index in [-0.39, 0.29) is 17.2 Å². The van der Waals surface area contributed by atoms with Gasteiger partial charge in [0.1, 0.15) is 11.3 Å². The number of carboxylic acids is 1. The zero-order chi connectivity index (χ0) is 13.5. The molecule has 0 saturated carbocycles. The maximum Gasteiger partial charge on any atom is 0.339 e. The number of unbranched alkanes of at least 4 members (excludes halogenated alkanes) is 2. The van der Waals surface area contributed by atoms with Crippen LogP contribution in [0.2, 0.25) is 0 Å². The molecule has 0 aliphatic heterocycles. The first kappa shape index (κ1) is 14.6. The predicted molar refractivity (Wildman–Crippen MR) is 72.2 cm³/mol. The Morgan fingerprint density at radius 2 is 2.00 bits per heavy atom. The lowest BCUT2D eigenvalue weighted by molar-refractivity contribution is 0.0691. The first-order valence-electron chi connectivity index (χ1n) is 6.66. The topological polar surface area (TPSA) is 57.5 Å². The quantitative estimate of drug-likeness (QED) is 0.714. The third kappa shape index (κ3) is 3.49. The van der Waals surface area contributed by atoms with Crippen LogP contribution in [0.4, 0.5) is 0 Å². The first-order valence-corrected chi connectivity index (χ1v) is 6.66. The van der Waals surface area contributed by atoms with Gasteiger partial charge in [-0.15, -0.1) is 0 Å². The van der Waals surface area contributed by atoms with Crippen LogP contribution >= 0.6 is 0 Å². The normalized spacial score (nSPS) is 12.3. The van der Waals surface area contributed by atoms with E-state index < -0.39 is 5.97 Å². The van der Waals surface area contributed by atoms with E-state index >= 15 is 0 Å². The highest BCUT2D eigenvalue weighted by atomic mass is 16.4. The van der Waals surface area contributed by atoms with E-state index in [0.717, 1.165) is 37.7 Å². The predicted octanol–water partition coefficient (Wildman–Crippen LogP) is 4.16. The number of hydrogen-bond acceptors (Lipinski definition) is 2. The fourth-order valence-electron chi connectivity index (χ4n) is 2.35. The van der Waals surface area contributed by atoms with E-state index in [1.165, 1.54) is 6.07 Å². The molecule has 0 radical (unpaired) electrons. The third-order valence-corrected chi connectivity index (χ3v) is 3.38. The van der Waals surface area contributed by atoms with E-state index in [1.807, 2.05) is 6.07 Å². The van der Waals surface area contributed by atoms with Gasteiger partial charge in [-0.25, -0.2) is 4.79 Å². The zero-order valence-corrected chi connectivity index (χ0v) is 11.1. The summed E-state index contributed by atoms with van der Waals surface area (Å²) < 4.78 is 0. The summed E-state index contributed by atoms with van der Waals surface area (Å²) in [6, 6.07) is 4.98. The second kappa shape index (κ2) is 7.04. The van der Waals surface area contributed by atoms with E-state index in [4.69, 9.17) is 0 Å². The molecule has 2 N–H and O–H groups in total. The second-order valence-electron chi connectivity index (χ2n) is 4.65. The van der Waals surface area contributed by atoms with Crippen molar-refractivity contribution in [3.05, 3.63) is 29.3 Å². The van der Waals surface area contributed by atoms with Gasteiger partial charge in [0.2, 0.25) is 0 Å². The first-order chi connectivity index (χ1) is 8.61. The highest BCUT2D eigenvalue weighted by molar-refractivity contribution is 5.92. The van der Waals surface area contributed by atoms with Crippen LogP contribution in [-0.4, -0.2) is 16.2 Å². The van der Waals surface area contributed by atoms with E-state index in [9.17, 15) is 15.0 Å². The molecule has 0 aromatic heterocycles. The number of benzene rings is 1. The molecule has 0 fully saturated rings. The van der Waals surface area contributed by atoms with Gasteiger partial charge in [0.25, 0.3) is 0 Å². The summed E-state index contributed by atoms with van der Waals surface area (Å²) in [5.74, 6) is -0.958. The molecule has 1 atom stereocenters. The minimum absolute atomic E-state index is 0.0702. The SMILES string of the molecule is CCCCCC(CC)c1cccc(O)c1C(=O)O. The van der Waals surface area contributed by atoms with Gasteiger partial charge >= 0.3 is 5.97 Å². The fourth-order valence-corrected chi connectivity index (χ4v) is 2.35. The Balaban J connectivity index is 2.98. The Labute approximate surface area is 108 Å². The van der Waals surface area contributed by atoms with Crippen molar-refractivity contribution in [3.8, 4) is 5.75 Å². The molecule has 3 nitrogen and oxygen atoms in total. The Morgan fingerprint density at radius 1 is 1.28 bits per heavy atom. The van der Waals surface area contributed by atoms with Crippen LogP contribution in [0.5, 0.6) is 5.75 Å². The molecular formula is C15H22O3. The Morgan fingerprint density at radius 3 is 2.56 bits per heavy atom. The monoisotopic (exact) mass is 250 g/mol. The molecule has 0 saturated heterocycles. The summed E-state index contributed by atoms with van der Waals surface area (Å²) in [5.41, 5.74) is 0.835. The van der Waals surface area contributed by atoms with Crippen molar-refractivity contribution in [2.75, 3.05) is 0 Å². The van der Waals surface area contributed by atoms with Crippen LogP contribution in [0.3, 0.4) is 0 Å². The molecule has 0 aliphatic carbocycles. The van der Waals surface area contributed by atoms with Crippen molar-refractivity contribution in [2.45, 2.75) is 51.9 Å². The smallest absolute Gasteiger partial charge is 0.339 e. The molecule has 0 amide bonds. The lowest BCUT2D eigenvalue weighted by Crippen LogP contribution is -2.07. The third-order valence-electron chi connectivity index (χ3n) is 3.38. The number of hydrogen-bond donors (Lipinski definition) is 2. The van der Waals surface area contributed by atoms with Crippen LogP contribution in [-0.2, 0) is 0 Å². The number of aromatic hydroxyl groups is 1. The average Bonchev–Trinajstić information content (AvgIpc) is 2.34. The van der Waals surface area contributed by atoms with Crippen LogP contribution < -0.4 is 0 Å². The van der Waals surface area contributed by atoms with Gasteiger partial charge in [-0.05, 0) is 30.4 Å². The number of carbonyl (C=O) groups is 1. The van der Waals surface area contributed by atoms with Gasteiger partial charge in [-0.2, -0.15) is 0 Å². The summed E-state index contributed by atoms with van der Waals surface area (Å²) in [4.78, 5) is 11.2. The second-order valence-corrected chi connectivity index (χ2v) is 4.65. The number of aromatic carboxylic acids is 1. The molecule has 100 valence electrons. The van der Waals surface area contributed by atoms with Gasteiger partial charge in [-0.1, -0.05) is 45.2 Å². The molecule has 1 aromatic carbocycles. The number of rotatable bonds is 7. The summed E-state index contributed by atoms with van der Waals surface area (Å²) in [5, 5.41) is 18.9. The van der Waals surface area contributed by atoms with E-state index in [1.54, 1.807) is 6.07 Å². The van der Waals surface area contributed by atoms with Crippen molar-refractivity contribution < 1.29 is 15.0 Å². The summed E-state index contributed by atoms with van der Waals surface area (Å²) in [7, 11) is 0. The largest absolute Gasteiger partial charge is 0.507 e. The minimum atomic E-state index is -1.04. The Kier molecular flexibility index (Phi) is 5.69.